The van der Waals surface area contributed by atoms with Crippen LogP contribution in [0, 0.1) is 0 Å². The molecule has 0 aliphatic rings. The molecular weight excluding hydrogens is 299 g/mol. The largest absolute Gasteiger partial charge is 0.284 e. The summed E-state index contributed by atoms with van der Waals surface area (Å²) in [6.07, 6.45) is 0. The maximum atomic E-state index is 12.7. The average molecular weight is 317 g/mol. The molecule has 5 heteroatoms. The van der Waals surface area contributed by atoms with Gasteiger partial charge in [-0.3, -0.25) is 4.57 Å². The average Bonchev–Trinajstić information content (AvgIpc) is 2.29. The van der Waals surface area contributed by atoms with Crippen LogP contribution in [0.5, 0.6) is 0 Å². The molecule has 0 bridgehead atoms. The van der Waals surface area contributed by atoms with Crippen LogP contribution >= 0.6 is 23.4 Å². The fourth-order valence-corrected chi connectivity index (χ4v) is 4.09. The normalized spacial score (nSPS) is 13.5. The van der Waals surface area contributed by atoms with Crippen molar-refractivity contribution in [1.29, 1.82) is 0 Å². The summed E-state index contributed by atoms with van der Waals surface area (Å²) in [6.45, 7) is 0. The van der Waals surface area contributed by atoms with Crippen LogP contribution in [0.15, 0.2) is 36.1 Å². The molecule has 0 saturated heterocycles. The highest BCUT2D eigenvalue weighted by Gasteiger charge is 2.25. The van der Waals surface area contributed by atoms with Gasteiger partial charge in [-0.1, -0.05) is 30.3 Å². The minimum Gasteiger partial charge on any atom is -0.284 e. The van der Waals surface area contributed by atoms with Crippen molar-refractivity contribution in [3.05, 3.63) is 41.7 Å². The van der Waals surface area contributed by atoms with E-state index in [9.17, 15) is 4.57 Å². The van der Waals surface area contributed by atoms with Crippen molar-refractivity contribution >= 4 is 27.9 Å². The van der Waals surface area contributed by atoms with E-state index in [-0.39, 0.29) is 0 Å². The Hall–Kier alpha value is -0.410. The van der Waals surface area contributed by atoms with Crippen LogP contribution in [0.1, 0.15) is 5.56 Å². The molecule has 0 atom stereocenters. The number of halogens is 1. The van der Waals surface area contributed by atoms with Gasteiger partial charge < -0.3 is 0 Å². The Balaban J connectivity index is 3.13. The molecule has 0 saturated carbocycles. The Morgan fingerprint density at radius 3 is 2.00 bits per heavy atom. The second kappa shape index (κ2) is 5.96. The lowest BCUT2D eigenvalue weighted by molar-refractivity contribution is 0.459. The fourth-order valence-electron chi connectivity index (χ4n) is 1.41. The van der Waals surface area contributed by atoms with Crippen molar-refractivity contribution in [2.24, 2.45) is 0 Å². The maximum absolute atomic E-state index is 12.7. The molecule has 0 unspecified atom stereocenters. The van der Waals surface area contributed by atoms with E-state index >= 15 is 0 Å². The fraction of sp³-hybridized carbons (Fsp3) is 0.333. The van der Waals surface area contributed by atoms with Gasteiger partial charge in [0.25, 0.3) is 0 Å². The maximum Gasteiger partial charge on any atom is 0.238 e. The minimum atomic E-state index is -2.63. The summed E-state index contributed by atoms with van der Waals surface area (Å²) < 4.78 is 17.1. The first-order valence-electron chi connectivity index (χ1n) is 5.27. The van der Waals surface area contributed by atoms with E-state index in [1.54, 1.807) is 15.2 Å². The Morgan fingerprint density at radius 2 is 1.59 bits per heavy atom. The predicted molar refractivity (Wildman–Crippen MR) is 78.3 cm³/mol. The second-order valence-electron chi connectivity index (χ2n) is 4.13. The van der Waals surface area contributed by atoms with E-state index < -0.39 is 7.44 Å². The molecule has 1 aromatic rings. The van der Waals surface area contributed by atoms with Gasteiger partial charge in [0, 0.05) is 10.3 Å². The standard InChI is InChI=1S/C12H18BrN2OP/c1-14(2)17(16,15(3)4)10-12(13)11-8-6-5-7-9-11/h5-10H,1-4H3/b12-10-. The van der Waals surface area contributed by atoms with Gasteiger partial charge in [-0.15, -0.1) is 0 Å². The topological polar surface area (TPSA) is 23.6 Å². The van der Waals surface area contributed by atoms with Crippen LogP contribution in [-0.4, -0.2) is 37.5 Å². The molecule has 17 heavy (non-hydrogen) atoms. The van der Waals surface area contributed by atoms with Crippen LogP contribution < -0.4 is 0 Å². The third-order valence-electron chi connectivity index (χ3n) is 2.48. The molecule has 0 N–H and O–H groups in total. The molecule has 0 aliphatic heterocycles. The highest BCUT2D eigenvalue weighted by Crippen LogP contribution is 2.53. The monoisotopic (exact) mass is 316 g/mol. The Labute approximate surface area is 112 Å². The van der Waals surface area contributed by atoms with Gasteiger partial charge in [0.05, 0.1) is 0 Å². The Bertz CT molecular complexity index is 431. The van der Waals surface area contributed by atoms with E-state index in [0.29, 0.717) is 0 Å². The highest BCUT2D eigenvalue weighted by molar-refractivity contribution is 9.15. The SMILES string of the molecule is CN(C)P(=O)(/C=C(\Br)c1ccccc1)N(C)C. The molecule has 0 radical (unpaired) electrons. The lowest BCUT2D eigenvalue weighted by atomic mass is 10.2. The summed E-state index contributed by atoms with van der Waals surface area (Å²) in [7, 11) is 4.66. The molecule has 0 aliphatic carbocycles. The van der Waals surface area contributed by atoms with Crippen LogP contribution in [-0.2, 0) is 4.57 Å². The molecule has 1 aromatic carbocycles. The summed E-state index contributed by atoms with van der Waals surface area (Å²) in [5, 5.41) is 0. The number of benzene rings is 1. The van der Waals surface area contributed by atoms with E-state index in [0.717, 1.165) is 10.0 Å². The summed E-state index contributed by atoms with van der Waals surface area (Å²) in [5.41, 5.74) is 1.02. The Kier molecular flexibility index (Phi) is 5.14. The second-order valence-corrected chi connectivity index (χ2v) is 8.02. The van der Waals surface area contributed by atoms with Crippen molar-refractivity contribution in [2.75, 3.05) is 28.2 Å². The van der Waals surface area contributed by atoms with Crippen molar-refractivity contribution in [3.8, 4) is 0 Å². The van der Waals surface area contributed by atoms with Gasteiger partial charge in [-0.2, -0.15) is 0 Å². The molecule has 94 valence electrons. The van der Waals surface area contributed by atoms with E-state index in [2.05, 4.69) is 15.9 Å². The van der Waals surface area contributed by atoms with E-state index in [1.165, 1.54) is 0 Å². The van der Waals surface area contributed by atoms with Gasteiger partial charge in [0.2, 0.25) is 7.44 Å². The Morgan fingerprint density at radius 1 is 1.12 bits per heavy atom. The zero-order valence-electron chi connectivity index (χ0n) is 10.6. The quantitative estimate of drug-likeness (QED) is 0.791. The molecule has 0 fully saturated rings. The van der Waals surface area contributed by atoms with Crippen molar-refractivity contribution in [2.45, 2.75) is 0 Å². The number of hydrogen-bond donors (Lipinski definition) is 0. The van der Waals surface area contributed by atoms with Crippen LogP contribution in [0.4, 0.5) is 0 Å². The minimum absolute atomic E-state index is 0.851. The lowest BCUT2D eigenvalue weighted by Gasteiger charge is -2.28. The van der Waals surface area contributed by atoms with Gasteiger partial charge in [0.1, 0.15) is 0 Å². The molecular formula is C12H18BrN2OP. The zero-order chi connectivity index (χ0) is 13.1. The predicted octanol–water partition coefficient (Wildman–Crippen LogP) is 3.70. The van der Waals surface area contributed by atoms with E-state index in [4.69, 9.17) is 0 Å². The molecule has 0 amide bonds. The van der Waals surface area contributed by atoms with Gasteiger partial charge in [-0.05, 0) is 49.7 Å². The first-order chi connectivity index (χ1) is 7.88. The van der Waals surface area contributed by atoms with Gasteiger partial charge in [-0.25, -0.2) is 9.34 Å². The molecule has 0 spiro atoms. The molecule has 3 nitrogen and oxygen atoms in total. The molecule has 0 aromatic heterocycles. The summed E-state index contributed by atoms with van der Waals surface area (Å²) in [4.78, 5) is 0. The summed E-state index contributed by atoms with van der Waals surface area (Å²) in [5.74, 6) is 1.78. The van der Waals surface area contributed by atoms with Crippen molar-refractivity contribution in [3.63, 3.8) is 0 Å². The first kappa shape index (κ1) is 14.7. The third-order valence-corrected chi connectivity index (χ3v) is 6.40. The smallest absolute Gasteiger partial charge is 0.238 e. The van der Waals surface area contributed by atoms with Crippen LogP contribution in [0.2, 0.25) is 0 Å². The van der Waals surface area contributed by atoms with Crippen LogP contribution in [0.25, 0.3) is 4.48 Å². The van der Waals surface area contributed by atoms with Crippen molar-refractivity contribution in [1.82, 2.24) is 9.34 Å². The van der Waals surface area contributed by atoms with E-state index in [1.807, 2.05) is 58.5 Å². The molecule has 0 heterocycles. The highest BCUT2D eigenvalue weighted by atomic mass is 79.9. The molecule has 1 rings (SSSR count). The first-order valence-corrected chi connectivity index (χ1v) is 7.74. The third kappa shape index (κ3) is 3.52. The van der Waals surface area contributed by atoms with Gasteiger partial charge in [0.15, 0.2) is 0 Å². The number of rotatable bonds is 4. The van der Waals surface area contributed by atoms with Crippen LogP contribution in [0.3, 0.4) is 0 Å². The number of hydrogen-bond acceptors (Lipinski definition) is 1. The summed E-state index contributed by atoms with van der Waals surface area (Å²) >= 11 is 3.49. The number of nitrogens with zero attached hydrogens (tertiary/aromatic N) is 2. The van der Waals surface area contributed by atoms with Crippen molar-refractivity contribution < 1.29 is 4.57 Å². The zero-order valence-corrected chi connectivity index (χ0v) is 13.1. The lowest BCUT2D eigenvalue weighted by Crippen LogP contribution is -2.19. The van der Waals surface area contributed by atoms with Gasteiger partial charge >= 0.3 is 0 Å². The summed E-state index contributed by atoms with van der Waals surface area (Å²) in [6, 6.07) is 9.84.